The number of ether oxygens (including phenoxy) is 5. The van der Waals surface area contributed by atoms with Crippen molar-refractivity contribution in [3.8, 4) is 11.5 Å². The van der Waals surface area contributed by atoms with E-state index in [9.17, 15) is 0 Å². The Hall–Kier alpha value is -1.30. The average molecular weight is 282 g/mol. The van der Waals surface area contributed by atoms with Crippen LogP contribution in [0.25, 0.3) is 0 Å². The second-order valence-electron chi connectivity index (χ2n) is 4.51. The summed E-state index contributed by atoms with van der Waals surface area (Å²) in [6.45, 7) is 5.71. The first-order valence-electron chi connectivity index (χ1n) is 6.98. The first-order valence-corrected chi connectivity index (χ1v) is 6.98. The molecule has 2 rings (SSSR count). The summed E-state index contributed by atoms with van der Waals surface area (Å²) >= 11 is 0. The van der Waals surface area contributed by atoms with Crippen LogP contribution < -0.4 is 9.47 Å². The van der Waals surface area contributed by atoms with Crippen LogP contribution in [0.5, 0.6) is 11.5 Å². The molecule has 1 unspecified atom stereocenters. The molecule has 1 aliphatic rings. The van der Waals surface area contributed by atoms with Gasteiger partial charge in [0.25, 0.3) is 0 Å². The molecule has 0 radical (unpaired) electrons. The van der Waals surface area contributed by atoms with Crippen molar-refractivity contribution < 1.29 is 23.7 Å². The van der Waals surface area contributed by atoms with Crippen molar-refractivity contribution in [2.45, 2.75) is 13.0 Å². The second kappa shape index (κ2) is 8.79. The van der Waals surface area contributed by atoms with E-state index in [2.05, 4.69) is 0 Å². The number of rotatable bonds is 0. The standard InChI is InChI=1S/C15H22O5/c1-13-12-17-8-11-20-15-5-3-2-4-14(15)19-10-7-16-6-9-18-13/h2-5,13H,6-12H2,1H3. The zero-order chi connectivity index (χ0) is 14.0. The summed E-state index contributed by atoms with van der Waals surface area (Å²) in [6, 6.07) is 7.62. The topological polar surface area (TPSA) is 46.2 Å². The van der Waals surface area contributed by atoms with E-state index >= 15 is 0 Å². The Kier molecular flexibility index (Phi) is 6.63. The van der Waals surface area contributed by atoms with Gasteiger partial charge in [-0.25, -0.2) is 0 Å². The van der Waals surface area contributed by atoms with E-state index in [4.69, 9.17) is 23.7 Å². The van der Waals surface area contributed by atoms with Crippen LogP contribution in [-0.2, 0) is 14.2 Å². The number of hydrogen-bond acceptors (Lipinski definition) is 5. The molecule has 0 fully saturated rings. The molecule has 5 nitrogen and oxygen atoms in total. The van der Waals surface area contributed by atoms with Crippen LogP contribution in [0.1, 0.15) is 6.92 Å². The van der Waals surface area contributed by atoms with Gasteiger partial charge in [0, 0.05) is 0 Å². The minimum atomic E-state index is 0.0623. The van der Waals surface area contributed by atoms with Gasteiger partial charge in [-0.15, -0.1) is 0 Å². The summed E-state index contributed by atoms with van der Waals surface area (Å²) in [7, 11) is 0. The van der Waals surface area contributed by atoms with Crippen molar-refractivity contribution in [1.82, 2.24) is 0 Å². The normalized spacial score (nSPS) is 22.6. The van der Waals surface area contributed by atoms with Crippen LogP contribution in [0, 0.1) is 0 Å². The van der Waals surface area contributed by atoms with Crippen molar-refractivity contribution >= 4 is 0 Å². The summed E-state index contributed by atoms with van der Waals surface area (Å²) in [4.78, 5) is 0. The van der Waals surface area contributed by atoms with Gasteiger partial charge in [0.2, 0.25) is 0 Å². The van der Waals surface area contributed by atoms with Gasteiger partial charge in [0.1, 0.15) is 13.2 Å². The van der Waals surface area contributed by atoms with Gasteiger partial charge in [0.05, 0.1) is 39.1 Å². The predicted molar refractivity (Wildman–Crippen MR) is 74.5 cm³/mol. The van der Waals surface area contributed by atoms with Gasteiger partial charge in [0.15, 0.2) is 11.5 Å². The highest BCUT2D eigenvalue weighted by Crippen LogP contribution is 2.26. The third-order valence-electron chi connectivity index (χ3n) is 2.80. The number of fused-ring (bicyclic) bond motifs is 1. The lowest BCUT2D eigenvalue weighted by Crippen LogP contribution is -2.20. The van der Waals surface area contributed by atoms with Gasteiger partial charge in [-0.2, -0.15) is 0 Å². The lowest BCUT2D eigenvalue weighted by atomic mass is 10.3. The summed E-state index contributed by atoms with van der Waals surface area (Å²) in [6.07, 6.45) is 0.0623. The Labute approximate surface area is 119 Å². The predicted octanol–water partition coefficient (Wildman–Crippen LogP) is 1.90. The summed E-state index contributed by atoms with van der Waals surface area (Å²) in [5.74, 6) is 1.46. The first kappa shape index (κ1) is 15.1. The number of hydrogen-bond donors (Lipinski definition) is 0. The van der Waals surface area contributed by atoms with E-state index in [-0.39, 0.29) is 6.10 Å². The molecular weight excluding hydrogens is 260 g/mol. The van der Waals surface area contributed by atoms with Crippen LogP contribution in [0.3, 0.4) is 0 Å². The van der Waals surface area contributed by atoms with E-state index < -0.39 is 0 Å². The molecule has 0 saturated carbocycles. The molecule has 5 heteroatoms. The van der Waals surface area contributed by atoms with Gasteiger partial charge in [-0.05, 0) is 19.1 Å². The zero-order valence-electron chi connectivity index (χ0n) is 11.9. The SMILES string of the molecule is CC1COCCOc2ccccc2OCCOCCO1. The molecule has 20 heavy (non-hydrogen) atoms. The van der Waals surface area contributed by atoms with Gasteiger partial charge in [-0.3, -0.25) is 0 Å². The lowest BCUT2D eigenvalue weighted by Gasteiger charge is -2.13. The fourth-order valence-electron chi connectivity index (χ4n) is 1.82. The largest absolute Gasteiger partial charge is 0.487 e. The maximum Gasteiger partial charge on any atom is 0.161 e. The number of benzene rings is 1. The molecular formula is C15H22O5. The van der Waals surface area contributed by atoms with E-state index in [1.165, 1.54) is 0 Å². The number of para-hydroxylation sites is 2. The Balaban J connectivity index is 1.89. The van der Waals surface area contributed by atoms with E-state index in [1.54, 1.807) is 0 Å². The molecule has 0 saturated heterocycles. The fraction of sp³-hybridized carbons (Fsp3) is 0.600. The van der Waals surface area contributed by atoms with Crippen LogP contribution in [-0.4, -0.2) is 52.4 Å². The van der Waals surface area contributed by atoms with Gasteiger partial charge in [-0.1, -0.05) is 12.1 Å². The van der Waals surface area contributed by atoms with Crippen LogP contribution in [0.2, 0.25) is 0 Å². The molecule has 1 aliphatic heterocycles. The van der Waals surface area contributed by atoms with E-state index in [1.807, 2.05) is 31.2 Å². The fourth-order valence-corrected chi connectivity index (χ4v) is 1.82. The Bertz CT molecular complexity index is 382. The second-order valence-corrected chi connectivity index (χ2v) is 4.51. The molecule has 1 aromatic carbocycles. The van der Waals surface area contributed by atoms with E-state index in [0.717, 1.165) is 11.5 Å². The molecule has 0 spiro atoms. The van der Waals surface area contributed by atoms with Gasteiger partial charge >= 0.3 is 0 Å². The molecule has 1 heterocycles. The molecule has 0 aliphatic carbocycles. The minimum Gasteiger partial charge on any atom is -0.487 e. The van der Waals surface area contributed by atoms with Crippen molar-refractivity contribution in [3.05, 3.63) is 24.3 Å². The maximum absolute atomic E-state index is 5.67. The molecule has 0 aromatic heterocycles. The van der Waals surface area contributed by atoms with Crippen LogP contribution in [0.4, 0.5) is 0 Å². The smallest absolute Gasteiger partial charge is 0.161 e. The van der Waals surface area contributed by atoms with E-state index in [0.29, 0.717) is 46.2 Å². The van der Waals surface area contributed by atoms with Crippen LogP contribution >= 0.6 is 0 Å². The lowest BCUT2D eigenvalue weighted by molar-refractivity contribution is -0.0343. The minimum absolute atomic E-state index is 0.0623. The monoisotopic (exact) mass is 282 g/mol. The van der Waals surface area contributed by atoms with Crippen molar-refractivity contribution in [3.63, 3.8) is 0 Å². The molecule has 0 N–H and O–H groups in total. The quantitative estimate of drug-likeness (QED) is 0.727. The highest BCUT2D eigenvalue weighted by Gasteiger charge is 2.06. The third-order valence-corrected chi connectivity index (χ3v) is 2.80. The van der Waals surface area contributed by atoms with Gasteiger partial charge < -0.3 is 23.7 Å². The van der Waals surface area contributed by atoms with Crippen molar-refractivity contribution in [2.24, 2.45) is 0 Å². The third kappa shape index (κ3) is 5.36. The van der Waals surface area contributed by atoms with Crippen molar-refractivity contribution in [2.75, 3.05) is 46.2 Å². The average Bonchev–Trinajstić information content (AvgIpc) is 2.47. The first-order chi connectivity index (χ1) is 9.86. The Morgan fingerprint density at radius 1 is 0.800 bits per heavy atom. The Morgan fingerprint density at radius 2 is 1.40 bits per heavy atom. The van der Waals surface area contributed by atoms with Crippen molar-refractivity contribution in [1.29, 1.82) is 0 Å². The molecule has 1 atom stereocenters. The molecule has 1 aromatic rings. The van der Waals surface area contributed by atoms with Crippen LogP contribution in [0.15, 0.2) is 24.3 Å². The molecule has 0 bridgehead atoms. The Morgan fingerprint density at radius 3 is 2.10 bits per heavy atom. The molecule has 0 amide bonds. The summed E-state index contributed by atoms with van der Waals surface area (Å²) < 4.78 is 27.8. The summed E-state index contributed by atoms with van der Waals surface area (Å²) in [5, 5.41) is 0. The maximum atomic E-state index is 5.67. The highest BCUT2D eigenvalue weighted by atomic mass is 16.6. The molecule has 112 valence electrons. The summed E-state index contributed by atoms with van der Waals surface area (Å²) in [5.41, 5.74) is 0. The zero-order valence-corrected chi connectivity index (χ0v) is 11.9. The highest BCUT2D eigenvalue weighted by molar-refractivity contribution is 5.39.